The van der Waals surface area contributed by atoms with Gasteiger partial charge in [0.25, 0.3) is 0 Å². The van der Waals surface area contributed by atoms with Crippen molar-refractivity contribution >= 4 is 7.82 Å². The first-order valence-corrected chi connectivity index (χ1v) is 6.17. The van der Waals surface area contributed by atoms with Crippen molar-refractivity contribution in [2.45, 2.75) is 31.0 Å². The zero-order valence-electron chi connectivity index (χ0n) is 9.08. The highest BCUT2D eigenvalue weighted by atomic mass is 31.2. The molecule has 10 heteroatoms. The fourth-order valence-corrected chi connectivity index (χ4v) is 1.34. The fourth-order valence-electron chi connectivity index (χ4n) is 0.999. The van der Waals surface area contributed by atoms with Crippen LogP contribution in [0, 0.1) is 0 Å². The summed E-state index contributed by atoms with van der Waals surface area (Å²) in [4.78, 5) is 16.7. The maximum absolute atomic E-state index is 10.3. The van der Waals surface area contributed by atoms with Crippen LogP contribution in [0.4, 0.5) is 0 Å². The molecule has 0 aliphatic heterocycles. The number of ether oxygens (including phenoxy) is 1. The lowest BCUT2D eigenvalue weighted by Crippen LogP contribution is -2.45. The third-order valence-corrected chi connectivity index (χ3v) is 2.47. The van der Waals surface area contributed by atoms with Crippen LogP contribution < -0.4 is 0 Å². The number of phosphoric ester groups is 1. The van der Waals surface area contributed by atoms with Crippen molar-refractivity contribution in [2.75, 3.05) is 13.7 Å². The Morgan fingerprint density at radius 1 is 1.12 bits per heavy atom. The maximum atomic E-state index is 10.3. The minimum absolute atomic E-state index is 0.334. The summed E-state index contributed by atoms with van der Waals surface area (Å²) in [6.45, 7) is -0.516. The van der Waals surface area contributed by atoms with E-state index in [0.29, 0.717) is 0 Å². The summed E-state index contributed by atoms with van der Waals surface area (Å²) >= 11 is 0. The lowest BCUT2D eigenvalue weighted by molar-refractivity contribution is -0.191. The van der Waals surface area contributed by atoms with E-state index in [0.717, 1.165) is 7.11 Å². The van der Waals surface area contributed by atoms with E-state index in [9.17, 15) is 19.9 Å². The molecule has 0 aromatic carbocycles. The second-order valence-corrected chi connectivity index (χ2v) is 4.53. The highest BCUT2D eigenvalue weighted by Crippen LogP contribution is 2.35. The van der Waals surface area contributed by atoms with Gasteiger partial charge >= 0.3 is 7.82 Å². The van der Waals surface area contributed by atoms with Gasteiger partial charge in [-0.15, -0.1) is 0 Å². The molecule has 0 amide bonds. The van der Waals surface area contributed by atoms with E-state index in [1.807, 2.05) is 0 Å². The van der Waals surface area contributed by atoms with Gasteiger partial charge in [0.1, 0.15) is 12.2 Å². The minimum atomic E-state index is -4.63. The van der Waals surface area contributed by atoms with Crippen molar-refractivity contribution in [2.24, 2.45) is 0 Å². The molecule has 0 fully saturated rings. The molecule has 0 saturated heterocycles. The predicted octanol–water partition coefficient (Wildman–Crippen LogP) is -2.47. The van der Waals surface area contributed by atoms with Gasteiger partial charge in [-0.3, -0.25) is 4.52 Å². The van der Waals surface area contributed by atoms with Crippen molar-refractivity contribution < 1.29 is 44.0 Å². The van der Waals surface area contributed by atoms with Crippen LogP contribution in [0.3, 0.4) is 0 Å². The maximum Gasteiger partial charge on any atom is 0.469 e. The van der Waals surface area contributed by atoms with Gasteiger partial charge in [-0.2, -0.15) is 0 Å². The van der Waals surface area contributed by atoms with E-state index >= 15 is 0 Å². The van der Waals surface area contributed by atoms with E-state index in [-0.39, 0.29) is 6.42 Å². The van der Waals surface area contributed by atoms with Crippen LogP contribution in [-0.2, 0) is 13.8 Å². The lowest BCUT2D eigenvalue weighted by atomic mass is 10.1. The van der Waals surface area contributed by atoms with Crippen LogP contribution in [0.15, 0.2) is 0 Å². The summed E-state index contributed by atoms with van der Waals surface area (Å²) in [5, 5.41) is 36.9. The van der Waals surface area contributed by atoms with Crippen LogP contribution in [0.25, 0.3) is 0 Å². The second kappa shape index (κ2) is 7.37. The SMILES string of the molecule is CO[C@H](O)[C@@H](O)[C@H](O)C(O)CCOP(=O)(O)O. The summed E-state index contributed by atoms with van der Waals surface area (Å²) in [5.74, 6) is 0. The number of phosphoric acid groups is 1. The summed E-state index contributed by atoms with van der Waals surface area (Å²) in [6.07, 6.45) is -7.01. The molecule has 104 valence electrons. The van der Waals surface area contributed by atoms with E-state index in [1.54, 1.807) is 0 Å². The Kier molecular flexibility index (Phi) is 7.33. The standard InChI is InChI=1S/C7H17O9P/c1-15-7(11)6(10)5(9)4(8)2-3-16-17(12,13)14/h4-11H,2-3H2,1H3,(H2,12,13,14)/t4?,5-,6+,7+/m1/s1. The zero-order chi connectivity index (χ0) is 13.6. The molecule has 0 aromatic rings. The number of hydrogen-bond donors (Lipinski definition) is 6. The van der Waals surface area contributed by atoms with Crippen LogP contribution >= 0.6 is 7.82 Å². The Bertz CT molecular complexity index is 254. The molecule has 9 nitrogen and oxygen atoms in total. The second-order valence-electron chi connectivity index (χ2n) is 3.29. The molecule has 0 aliphatic rings. The van der Waals surface area contributed by atoms with Crippen molar-refractivity contribution in [1.29, 1.82) is 0 Å². The molecule has 0 aliphatic carbocycles. The highest BCUT2D eigenvalue weighted by Gasteiger charge is 2.30. The Balaban J connectivity index is 4.05. The molecule has 0 bridgehead atoms. The molecule has 0 saturated carbocycles. The molecule has 4 atom stereocenters. The van der Waals surface area contributed by atoms with E-state index in [1.165, 1.54) is 0 Å². The third kappa shape index (κ3) is 7.04. The number of hydrogen-bond acceptors (Lipinski definition) is 7. The molecule has 0 rings (SSSR count). The quantitative estimate of drug-likeness (QED) is 0.209. The fraction of sp³-hybridized carbons (Fsp3) is 1.00. The van der Waals surface area contributed by atoms with Gasteiger partial charge in [-0.25, -0.2) is 4.57 Å². The average Bonchev–Trinajstić information content (AvgIpc) is 2.24. The van der Waals surface area contributed by atoms with Gasteiger partial charge in [0.15, 0.2) is 6.29 Å². The van der Waals surface area contributed by atoms with Gasteiger partial charge in [0.2, 0.25) is 0 Å². The van der Waals surface area contributed by atoms with Crippen LogP contribution in [-0.4, -0.2) is 68.5 Å². The van der Waals surface area contributed by atoms with Gasteiger partial charge in [-0.1, -0.05) is 0 Å². The minimum Gasteiger partial charge on any atom is -0.390 e. The molecule has 0 radical (unpaired) electrons. The summed E-state index contributed by atoms with van der Waals surface area (Å²) < 4.78 is 18.6. The van der Waals surface area contributed by atoms with Gasteiger partial charge in [0, 0.05) is 7.11 Å². The molecule has 1 unspecified atom stereocenters. The van der Waals surface area contributed by atoms with E-state index in [2.05, 4.69) is 9.26 Å². The van der Waals surface area contributed by atoms with Crippen LogP contribution in [0.1, 0.15) is 6.42 Å². The van der Waals surface area contributed by atoms with Crippen molar-refractivity contribution in [3.05, 3.63) is 0 Å². The van der Waals surface area contributed by atoms with Crippen molar-refractivity contribution in [3.63, 3.8) is 0 Å². The summed E-state index contributed by atoms with van der Waals surface area (Å²) in [6, 6.07) is 0. The number of aliphatic hydroxyl groups is 4. The topological polar surface area (TPSA) is 157 Å². The van der Waals surface area contributed by atoms with Crippen molar-refractivity contribution in [3.8, 4) is 0 Å². The van der Waals surface area contributed by atoms with Crippen molar-refractivity contribution in [1.82, 2.24) is 0 Å². The molecule has 0 heterocycles. The molecule has 17 heavy (non-hydrogen) atoms. The first-order valence-electron chi connectivity index (χ1n) is 4.64. The lowest BCUT2D eigenvalue weighted by Gasteiger charge is -2.25. The number of aliphatic hydroxyl groups excluding tert-OH is 4. The molecular weight excluding hydrogens is 259 g/mol. The van der Waals surface area contributed by atoms with Crippen LogP contribution in [0.5, 0.6) is 0 Å². The zero-order valence-corrected chi connectivity index (χ0v) is 9.97. The first kappa shape index (κ1) is 16.9. The normalized spacial score (nSPS) is 19.7. The Labute approximate surface area is 97.5 Å². The third-order valence-electron chi connectivity index (χ3n) is 1.95. The molecule has 6 N–H and O–H groups in total. The highest BCUT2D eigenvalue weighted by molar-refractivity contribution is 7.46. The largest absolute Gasteiger partial charge is 0.469 e. The first-order chi connectivity index (χ1) is 7.69. The Morgan fingerprint density at radius 3 is 2.06 bits per heavy atom. The summed E-state index contributed by atoms with van der Waals surface area (Å²) in [5.41, 5.74) is 0. The number of methoxy groups -OCH3 is 1. The van der Waals surface area contributed by atoms with Gasteiger partial charge < -0.3 is 34.9 Å². The van der Waals surface area contributed by atoms with E-state index in [4.69, 9.17) is 14.9 Å². The number of rotatable bonds is 8. The molecule has 0 aromatic heterocycles. The van der Waals surface area contributed by atoms with Gasteiger partial charge in [-0.05, 0) is 6.42 Å². The molecular formula is C7H17O9P. The monoisotopic (exact) mass is 276 g/mol. The van der Waals surface area contributed by atoms with Gasteiger partial charge in [0.05, 0.1) is 12.7 Å². The Hall–Kier alpha value is -0.0900. The predicted molar refractivity (Wildman–Crippen MR) is 53.6 cm³/mol. The average molecular weight is 276 g/mol. The molecule has 0 spiro atoms. The smallest absolute Gasteiger partial charge is 0.390 e. The summed E-state index contributed by atoms with van der Waals surface area (Å²) in [7, 11) is -3.54. The Morgan fingerprint density at radius 2 is 1.65 bits per heavy atom. The van der Waals surface area contributed by atoms with E-state index < -0.39 is 39.0 Å². The van der Waals surface area contributed by atoms with Crippen LogP contribution in [0.2, 0.25) is 0 Å².